The van der Waals surface area contributed by atoms with Gasteiger partial charge in [-0.1, -0.05) is 48.7 Å². The highest BCUT2D eigenvalue weighted by Gasteiger charge is 2.04. The number of urea groups is 1. The van der Waals surface area contributed by atoms with E-state index in [1.165, 1.54) is 5.56 Å². The van der Waals surface area contributed by atoms with Crippen LogP contribution < -0.4 is 15.4 Å². The maximum Gasteiger partial charge on any atom is 0.321 e. The van der Waals surface area contributed by atoms with Crippen LogP contribution in [0.3, 0.4) is 0 Å². The third-order valence-electron chi connectivity index (χ3n) is 3.05. The molecular weight excluding hydrogens is 335 g/mol. The number of nitrogens with one attached hydrogen (secondary N) is 2. The molecule has 0 saturated heterocycles. The van der Waals surface area contributed by atoms with Crippen molar-refractivity contribution >= 4 is 34.9 Å². The highest BCUT2D eigenvalue weighted by molar-refractivity contribution is 6.35. The summed E-state index contributed by atoms with van der Waals surface area (Å²) in [5.74, 6) is 0.705. The molecule has 0 atom stereocenters. The van der Waals surface area contributed by atoms with Gasteiger partial charge in [0.25, 0.3) is 0 Å². The molecule has 0 saturated carbocycles. The van der Waals surface area contributed by atoms with Gasteiger partial charge in [-0.3, -0.25) is 0 Å². The zero-order valence-corrected chi connectivity index (χ0v) is 14.2. The van der Waals surface area contributed by atoms with Gasteiger partial charge in [0.2, 0.25) is 0 Å². The van der Waals surface area contributed by atoms with Crippen LogP contribution in [0.4, 0.5) is 10.5 Å². The minimum Gasteiger partial charge on any atom is -0.473 e. The largest absolute Gasteiger partial charge is 0.473 e. The maximum absolute atomic E-state index is 11.8. The number of halogens is 2. The van der Waals surface area contributed by atoms with Crippen molar-refractivity contribution in [2.75, 3.05) is 12.0 Å². The molecule has 0 fully saturated rings. The number of carbonyl (C=O) groups excluding carboxylic acids is 1. The van der Waals surface area contributed by atoms with Crippen molar-refractivity contribution < 1.29 is 9.53 Å². The number of aryl methyl sites for hydroxylation is 1. The summed E-state index contributed by atoms with van der Waals surface area (Å²) in [6, 6.07) is 12.2. The van der Waals surface area contributed by atoms with Crippen molar-refractivity contribution in [3.05, 3.63) is 58.1 Å². The number of benzene rings is 2. The van der Waals surface area contributed by atoms with Crippen LogP contribution in [-0.2, 0) is 6.42 Å². The monoisotopic (exact) mass is 352 g/mol. The minimum absolute atomic E-state index is 0.0628. The molecule has 0 unspecified atom stereocenters. The van der Waals surface area contributed by atoms with E-state index >= 15 is 0 Å². The lowest BCUT2D eigenvalue weighted by atomic mass is 10.1. The maximum atomic E-state index is 11.8. The van der Waals surface area contributed by atoms with E-state index < -0.39 is 6.03 Å². The Morgan fingerprint density at radius 3 is 2.35 bits per heavy atom. The third-order valence-corrected chi connectivity index (χ3v) is 3.49. The van der Waals surface area contributed by atoms with Crippen molar-refractivity contribution in [3.8, 4) is 5.75 Å². The van der Waals surface area contributed by atoms with Crippen molar-refractivity contribution in [2.45, 2.75) is 19.8 Å². The fraction of sp³-hybridized carbons (Fsp3) is 0.235. The number of hydrogen-bond acceptors (Lipinski definition) is 2. The molecule has 0 aliphatic heterocycles. The minimum atomic E-state index is -0.397. The van der Waals surface area contributed by atoms with E-state index in [0.29, 0.717) is 21.5 Å². The lowest BCUT2D eigenvalue weighted by Crippen LogP contribution is -2.32. The van der Waals surface area contributed by atoms with E-state index in [4.69, 9.17) is 27.9 Å². The third kappa shape index (κ3) is 6.00. The highest BCUT2D eigenvalue weighted by Crippen LogP contribution is 2.22. The van der Waals surface area contributed by atoms with Crippen molar-refractivity contribution in [1.29, 1.82) is 0 Å². The Hall–Kier alpha value is -1.91. The van der Waals surface area contributed by atoms with Gasteiger partial charge in [0.05, 0.1) is 0 Å². The SMILES string of the molecule is CCCc1ccc(OCNC(=O)Nc2cc(Cl)cc(Cl)c2)cc1. The molecule has 2 rings (SSSR count). The molecule has 0 radical (unpaired) electrons. The van der Waals surface area contributed by atoms with Crippen LogP contribution in [0.25, 0.3) is 0 Å². The molecule has 0 heterocycles. The van der Waals surface area contributed by atoms with Gasteiger partial charge in [0, 0.05) is 15.7 Å². The molecule has 0 aliphatic carbocycles. The second-order valence-electron chi connectivity index (χ2n) is 4.97. The van der Waals surface area contributed by atoms with Gasteiger partial charge < -0.3 is 15.4 Å². The number of ether oxygens (including phenoxy) is 1. The average Bonchev–Trinajstić information content (AvgIpc) is 2.48. The Bertz CT molecular complexity index is 640. The predicted octanol–water partition coefficient (Wildman–Crippen LogP) is 5.10. The van der Waals surface area contributed by atoms with E-state index in [1.807, 2.05) is 24.3 Å². The van der Waals surface area contributed by atoms with Crippen molar-refractivity contribution in [3.63, 3.8) is 0 Å². The molecule has 122 valence electrons. The van der Waals surface area contributed by atoms with Crippen LogP contribution in [0.5, 0.6) is 5.75 Å². The number of carbonyl (C=O) groups is 1. The molecule has 2 aromatic rings. The van der Waals surface area contributed by atoms with E-state index in [1.54, 1.807) is 18.2 Å². The van der Waals surface area contributed by atoms with E-state index in [-0.39, 0.29) is 6.73 Å². The summed E-state index contributed by atoms with van der Waals surface area (Å²) in [7, 11) is 0. The quantitative estimate of drug-likeness (QED) is 0.710. The summed E-state index contributed by atoms with van der Waals surface area (Å²) in [6.45, 7) is 2.20. The molecule has 4 nitrogen and oxygen atoms in total. The van der Waals surface area contributed by atoms with Crippen LogP contribution in [-0.4, -0.2) is 12.8 Å². The van der Waals surface area contributed by atoms with Crippen LogP contribution in [0.15, 0.2) is 42.5 Å². The predicted molar refractivity (Wildman–Crippen MR) is 94.5 cm³/mol. The Kier molecular flexibility index (Phi) is 6.56. The Balaban J connectivity index is 1.78. The number of amides is 2. The second-order valence-corrected chi connectivity index (χ2v) is 5.84. The lowest BCUT2D eigenvalue weighted by Gasteiger charge is -2.10. The summed E-state index contributed by atoms with van der Waals surface area (Å²) in [6.07, 6.45) is 2.15. The molecule has 0 aliphatic rings. The Morgan fingerprint density at radius 2 is 1.74 bits per heavy atom. The van der Waals surface area contributed by atoms with Gasteiger partial charge in [0.1, 0.15) is 5.75 Å². The summed E-state index contributed by atoms with van der Waals surface area (Å²) in [5.41, 5.74) is 1.78. The lowest BCUT2D eigenvalue weighted by molar-refractivity contribution is 0.234. The standard InChI is InChI=1S/C17H18Cl2N2O2/c1-2-3-12-4-6-16(7-5-12)23-11-20-17(22)21-15-9-13(18)8-14(19)10-15/h4-10H,2-3,11H2,1H3,(H2,20,21,22). The smallest absolute Gasteiger partial charge is 0.321 e. The summed E-state index contributed by atoms with van der Waals surface area (Å²) >= 11 is 11.7. The number of anilines is 1. The second kappa shape index (κ2) is 8.65. The highest BCUT2D eigenvalue weighted by atomic mass is 35.5. The first-order chi connectivity index (χ1) is 11.1. The Labute approximate surface area is 145 Å². The molecule has 2 N–H and O–H groups in total. The Morgan fingerprint density at radius 1 is 1.09 bits per heavy atom. The zero-order chi connectivity index (χ0) is 16.7. The number of rotatable bonds is 6. The first kappa shape index (κ1) is 17.4. The first-order valence-electron chi connectivity index (χ1n) is 7.29. The summed E-state index contributed by atoms with van der Waals surface area (Å²) < 4.78 is 5.47. The molecule has 2 aromatic carbocycles. The fourth-order valence-corrected chi connectivity index (χ4v) is 2.55. The van der Waals surface area contributed by atoms with Gasteiger partial charge in [-0.05, 0) is 42.3 Å². The van der Waals surface area contributed by atoms with Gasteiger partial charge in [-0.2, -0.15) is 0 Å². The normalized spacial score (nSPS) is 10.2. The first-order valence-corrected chi connectivity index (χ1v) is 8.05. The molecule has 0 spiro atoms. The van der Waals surface area contributed by atoms with Crippen LogP contribution >= 0.6 is 23.2 Å². The molecule has 6 heteroatoms. The van der Waals surface area contributed by atoms with E-state index in [9.17, 15) is 4.79 Å². The molecule has 0 bridgehead atoms. The van der Waals surface area contributed by atoms with Gasteiger partial charge in [-0.25, -0.2) is 4.79 Å². The molecule has 2 amide bonds. The van der Waals surface area contributed by atoms with Crippen molar-refractivity contribution in [2.24, 2.45) is 0 Å². The van der Waals surface area contributed by atoms with Gasteiger partial charge in [-0.15, -0.1) is 0 Å². The van der Waals surface area contributed by atoms with E-state index in [2.05, 4.69) is 17.6 Å². The zero-order valence-electron chi connectivity index (χ0n) is 12.7. The van der Waals surface area contributed by atoms with Crippen LogP contribution in [0, 0.1) is 0 Å². The van der Waals surface area contributed by atoms with Crippen molar-refractivity contribution in [1.82, 2.24) is 5.32 Å². The van der Waals surface area contributed by atoms with Crippen LogP contribution in [0.2, 0.25) is 10.0 Å². The topological polar surface area (TPSA) is 50.4 Å². The van der Waals surface area contributed by atoms with Crippen LogP contribution in [0.1, 0.15) is 18.9 Å². The molecule has 0 aromatic heterocycles. The van der Waals surface area contributed by atoms with Gasteiger partial charge in [0.15, 0.2) is 6.73 Å². The average molecular weight is 353 g/mol. The summed E-state index contributed by atoms with van der Waals surface area (Å²) in [4.78, 5) is 11.8. The fourth-order valence-electron chi connectivity index (χ4n) is 2.03. The molecular formula is C17H18Cl2N2O2. The number of hydrogen-bond donors (Lipinski definition) is 2. The van der Waals surface area contributed by atoms with E-state index in [0.717, 1.165) is 12.8 Å². The summed E-state index contributed by atoms with van der Waals surface area (Å²) in [5, 5.41) is 6.15. The molecule has 23 heavy (non-hydrogen) atoms. The van der Waals surface area contributed by atoms with Gasteiger partial charge >= 0.3 is 6.03 Å².